The molecule has 6 heteroatoms. The second kappa shape index (κ2) is 5.48. The fourth-order valence-electron chi connectivity index (χ4n) is 2.58. The maximum Gasteiger partial charge on any atom is 0.311 e. The smallest absolute Gasteiger partial charge is 0.311 e. The van der Waals surface area contributed by atoms with E-state index in [0.717, 1.165) is 11.3 Å². The third-order valence-corrected chi connectivity index (χ3v) is 4.65. The molecule has 3 rings (SSSR count). The van der Waals surface area contributed by atoms with Crippen LogP contribution >= 0.6 is 34.8 Å². The molecule has 0 saturated heterocycles. The molecule has 1 aromatic heterocycles. The van der Waals surface area contributed by atoms with Crippen LogP contribution in [0.15, 0.2) is 24.3 Å². The molecular formula is C15H10Cl3NO2. The first kappa shape index (κ1) is 14.6. The Morgan fingerprint density at radius 2 is 1.90 bits per heavy atom. The average Bonchev–Trinajstić information content (AvgIpc) is 2.84. The largest absolute Gasteiger partial charge is 0.481 e. The van der Waals surface area contributed by atoms with Gasteiger partial charge in [-0.1, -0.05) is 40.9 Å². The van der Waals surface area contributed by atoms with Gasteiger partial charge in [0.2, 0.25) is 0 Å². The molecule has 0 aliphatic heterocycles. The van der Waals surface area contributed by atoms with Crippen LogP contribution < -0.4 is 0 Å². The van der Waals surface area contributed by atoms with E-state index in [1.165, 1.54) is 0 Å². The summed E-state index contributed by atoms with van der Waals surface area (Å²) in [6, 6.07) is 6.88. The van der Waals surface area contributed by atoms with Gasteiger partial charge in [-0.2, -0.15) is 0 Å². The van der Waals surface area contributed by atoms with Crippen LogP contribution in [0.1, 0.15) is 23.6 Å². The van der Waals surface area contributed by atoms with E-state index in [2.05, 4.69) is 4.98 Å². The van der Waals surface area contributed by atoms with Crippen LogP contribution in [0.3, 0.4) is 0 Å². The van der Waals surface area contributed by atoms with Crippen molar-refractivity contribution in [1.29, 1.82) is 0 Å². The minimum atomic E-state index is -0.839. The van der Waals surface area contributed by atoms with Crippen LogP contribution in [0.5, 0.6) is 0 Å². The second-order valence-electron chi connectivity index (χ2n) is 4.91. The van der Waals surface area contributed by atoms with Gasteiger partial charge in [-0.25, -0.2) is 0 Å². The predicted molar refractivity (Wildman–Crippen MR) is 83.4 cm³/mol. The molecule has 0 spiro atoms. The summed E-state index contributed by atoms with van der Waals surface area (Å²) in [7, 11) is 0. The summed E-state index contributed by atoms with van der Waals surface area (Å²) in [5, 5.41) is 10.5. The molecule has 0 bridgehead atoms. The number of hydrogen-bond acceptors (Lipinski definition) is 2. The fraction of sp³-hybridized carbons (Fsp3) is 0.200. The zero-order valence-corrected chi connectivity index (χ0v) is 13.0. The van der Waals surface area contributed by atoms with Crippen molar-refractivity contribution < 1.29 is 9.90 Å². The lowest BCUT2D eigenvalue weighted by Gasteiger charge is -2.10. The van der Waals surface area contributed by atoms with E-state index in [-0.39, 0.29) is 0 Å². The molecule has 1 aromatic carbocycles. The van der Waals surface area contributed by atoms with Crippen molar-refractivity contribution in [3.63, 3.8) is 0 Å². The van der Waals surface area contributed by atoms with E-state index in [9.17, 15) is 9.90 Å². The van der Waals surface area contributed by atoms with E-state index in [0.29, 0.717) is 39.2 Å². The van der Waals surface area contributed by atoms with E-state index in [1.54, 1.807) is 24.3 Å². The first-order chi connectivity index (χ1) is 9.97. The van der Waals surface area contributed by atoms with Crippen molar-refractivity contribution in [2.75, 3.05) is 0 Å². The highest BCUT2D eigenvalue weighted by Crippen LogP contribution is 2.38. The molecule has 3 nitrogen and oxygen atoms in total. The van der Waals surface area contributed by atoms with Crippen LogP contribution in [0.2, 0.25) is 15.1 Å². The van der Waals surface area contributed by atoms with Crippen molar-refractivity contribution in [2.24, 2.45) is 0 Å². The maximum atomic E-state index is 11.2. The molecule has 1 atom stereocenters. The van der Waals surface area contributed by atoms with Gasteiger partial charge in [0.25, 0.3) is 0 Å². The number of aliphatic carboxylic acids is 1. The van der Waals surface area contributed by atoms with Gasteiger partial charge in [0.1, 0.15) is 0 Å². The fourth-order valence-corrected chi connectivity index (χ4v) is 3.15. The summed E-state index contributed by atoms with van der Waals surface area (Å²) < 4.78 is 0. The number of carboxylic acid groups (broad SMARTS) is 1. The van der Waals surface area contributed by atoms with Gasteiger partial charge in [-0.3, -0.25) is 9.78 Å². The van der Waals surface area contributed by atoms with Crippen molar-refractivity contribution in [2.45, 2.75) is 18.8 Å². The molecule has 108 valence electrons. The number of halogens is 3. The Kier molecular flexibility index (Phi) is 3.82. The molecular weight excluding hydrogens is 333 g/mol. The van der Waals surface area contributed by atoms with E-state index in [1.807, 2.05) is 0 Å². The number of carboxylic acids is 1. The minimum Gasteiger partial charge on any atom is -0.481 e. The normalized spacial score (nSPS) is 16.8. The summed E-state index contributed by atoms with van der Waals surface area (Å²) in [5.74, 6) is -1.36. The average molecular weight is 343 g/mol. The van der Waals surface area contributed by atoms with Crippen molar-refractivity contribution in [3.05, 3.63) is 50.6 Å². The summed E-state index contributed by atoms with van der Waals surface area (Å²) >= 11 is 18.2. The third-order valence-electron chi connectivity index (χ3n) is 3.62. The minimum absolute atomic E-state index is 0.417. The van der Waals surface area contributed by atoms with Gasteiger partial charge in [0.05, 0.1) is 26.7 Å². The molecule has 2 aromatic rings. The Morgan fingerprint density at radius 1 is 1.14 bits per heavy atom. The highest BCUT2D eigenvalue weighted by Gasteiger charge is 2.30. The summed E-state index contributed by atoms with van der Waals surface area (Å²) in [6.07, 6.45) is 1.19. The molecule has 21 heavy (non-hydrogen) atoms. The number of fused-ring (bicyclic) bond motifs is 1. The molecule has 1 heterocycles. The zero-order chi connectivity index (χ0) is 15.1. The van der Waals surface area contributed by atoms with Crippen LogP contribution in [-0.2, 0) is 11.2 Å². The quantitative estimate of drug-likeness (QED) is 0.851. The first-order valence-electron chi connectivity index (χ1n) is 6.35. The van der Waals surface area contributed by atoms with Gasteiger partial charge in [0, 0.05) is 11.3 Å². The van der Waals surface area contributed by atoms with Crippen LogP contribution in [0.4, 0.5) is 0 Å². The highest BCUT2D eigenvalue weighted by molar-refractivity contribution is 6.42. The third kappa shape index (κ3) is 2.61. The number of nitrogens with zero attached hydrogens (tertiary/aromatic N) is 1. The van der Waals surface area contributed by atoms with Gasteiger partial charge in [0.15, 0.2) is 0 Å². The predicted octanol–water partition coefficient (Wildman–Crippen LogP) is 4.82. The molecule has 1 aliphatic carbocycles. The highest BCUT2D eigenvalue weighted by atomic mass is 35.5. The van der Waals surface area contributed by atoms with E-state index < -0.39 is 11.9 Å². The van der Waals surface area contributed by atoms with E-state index in [4.69, 9.17) is 34.8 Å². The summed E-state index contributed by atoms with van der Waals surface area (Å²) in [5.41, 5.74) is 2.85. The van der Waals surface area contributed by atoms with Gasteiger partial charge < -0.3 is 5.11 Å². The number of rotatable bonds is 2. The first-order valence-corrected chi connectivity index (χ1v) is 7.48. The Balaban J connectivity index is 2.10. The molecule has 1 N–H and O–H groups in total. The maximum absolute atomic E-state index is 11.2. The molecule has 0 radical (unpaired) electrons. The zero-order valence-electron chi connectivity index (χ0n) is 10.7. The lowest BCUT2D eigenvalue weighted by atomic mass is 10.0. The lowest BCUT2D eigenvalue weighted by molar-refractivity contribution is -0.138. The van der Waals surface area contributed by atoms with Gasteiger partial charge in [-0.15, -0.1) is 0 Å². The number of aryl methyl sites for hydroxylation is 1. The Morgan fingerprint density at radius 3 is 2.57 bits per heavy atom. The number of hydrogen-bond donors (Lipinski definition) is 1. The SMILES string of the molecule is O=C(O)C1CCc2nc(-c3ccc(Cl)c(Cl)c3)c(Cl)cc21. The van der Waals surface area contributed by atoms with E-state index >= 15 is 0 Å². The molecule has 0 saturated carbocycles. The topological polar surface area (TPSA) is 50.2 Å². The van der Waals surface area contributed by atoms with Crippen LogP contribution in [0.25, 0.3) is 11.3 Å². The van der Waals surface area contributed by atoms with Crippen LogP contribution in [-0.4, -0.2) is 16.1 Å². The monoisotopic (exact) mass is 341 g/mol. The number of carbonyl (C=O) groups is 1. The molecule has 0 fully saturated rings. The van der Waals surface area contributed by atoms with Crippen molar-refractivity contribution in [1.82, 2.24) is 4.98 Å². The molecule has 0 amide bonds. The summed E-state index contributed by atoms with van der Waals surface area (Å²) in [6.45, 7) is 0. The van der Waals surface area contributed by atoms with Crippen LogP contribution in [0, 0.1) is 0 Å². The van der Waals surface area contributed by atoms with Gasteiger partial charge >= 0.3 is 5.97 Å². The number of pyridine rings is 1. The van der Waals surface area contributed by atoms with Crippen molar-refractivity contribution >= 4 is 40.8 Å². The van der Waals surface area contributed by atoms with Crippen molar-refractivity contribution in [3.8, 4) is 11.3 Å². The lowest BCUT2D eigenvalue weighted by Crippen LogP contribution is -2.08. The number of aromatic nitrogens is 1. The summed E-state index contributed by atoms with van der Waals surface area (Å²) in [4.78, 5) is 15.7. The standard InChI is InChI=1S/C15H10Cl3NO2/c16-10-3-1-7(5-11(10)17)14-12(18)6-9-8(15(20)21)2-4-13(9)19-14/h1,3,5-6,8H,2,4H2,(H,20,21). The number of benzene rings is 1. The Hall–Kier alpha value is -1.29. The second-order valence-corrected chi connectivity index (χ2v) is 6.13. The Labute approximate surface area is 136 Å². The molecule has 1 aliphatic rings. The Bertz CT molecular complexity index is 746. The van der Waals surface area contributed by atoms with Gasteiger partial charge in [-0.05, 0) is 36.6 Å². The molecule has 1 unspecified atom stereocenters.